The Balaban J connectivity index is 1.51. The van der Waals surface area contributed by atoms with Crippen molar-refractivity contribution in [2.75, 3.05) is 19.6 Å². The third-order valence-corrected chi connectivity index (χ3v) is 5.31. The van der Waals surface area contributed by atoms with Crippen molar-refractivity contribution in [3.63, 3.8) is 0 Å². The van der Waals surface area contributed by atoms with Crippen LogP contribution in [-0.2, 0) is 6.42 Å². The fourth-order valence-corrected chi connectivity index (χ4v) is 4.06. The van der Waals surface area contributed by atoms with Gasteiger partial charge in [0.2, 0.25) is 0 Å². The van der Waals surface area contributed by atoms with Crippen LogP contribution in [0, 0.1) is 11.7 Å². The van der Waals surface area contributed by atoms with Crippen LogP contribution in [-0.4, -0.2) is 45.5 Å². The number of aliphatic hydroxyl groups is 2. The van der Waals surface area contributed by atoms with E-state index in [1.54, 1.807) is 6.07 Å². The van der Waals surface area contributed by atoms with E-state index in [9.17, 15) is 19.7 Å². The van der Waals surface area contributed by atoms with Gasteiger partial charge >= 0.3 is 0 Å². The van der Waals surface area contributed by atoms with E-state index in [-0.39, 0.29) is 0 Å². The number of phenolic OH excluding ortho intramolecular Hbond substituents is 1. The van der Waals surface area contributed by atoms with Gasteiger partial charge in [0, 0.05) is 19.5 Å². The van der Waals surface area contributed by atoms with E-state index in [0.29, 0.717) is 30.9 Å². The molecule has 3 atom stereocenters. The van der Waals surface area contributed by atoms with Crippen LogP contribution >= 0.6 is 0 Å². The highest BCUT2D eigenvalue weighted by Crippen LogP contribution is 2.29. The van der Waals surface area contributed by atoms with Gasteiger partial charge < -0.3 is 20.2 Å². The van der Waals surface area contributed by atoms with Gasteiger partial charge in [0.15, 0.2) is 11.6 Å². The van der Waals surface area contributed by atoms with E-state index < -0.39 is 23.3 Å². The van der Waals surface area contributed by atoms with Crippen LogP contribution < -0.4 is 0 Å². The number of nitrogens with zero attached hydrogens (tertiary/aromatic N) is 1. The number of benzene rings is 2. The van der Waals surface area contributed by atoms with Crippen molar-refractivity contribution in [2.45, 2.75) is 37.9 Å². The van der Waals surface area contributed by atoms with Crippen LogP contribution in [0.5, 0.6) is 5.75 Å². The lowest BCUT2D eigenvalue weighted by Gasteiger charge is -2.27. The first-order valence-corrected chi connectivity index (χ1v) is 9.47. The predicted octanol–water partition coefficient (Wildman–Crippen LogP) is 3.27. The van der Waals surface area contributed by atoms with E-state index in [0.717, 1.165) is 25.1 Å². The third kappa shape index (κ3) is 5.51. The summed E-state index contributed by atoms with van der Waals surface area (Å²) in [5.41, 5.74) is 0.827. The van der Waals surface area contributed by atoms with Crippen molar-refractivity contribution < 1.29 is 19.7 Å². The van der Waals surface area contributed by atoms with Crippen molar-refractivity contribution >= 4 is 0 Å². The largest absolute Gasteiger partial charge is 0.505 e. The molecule has 0 aliphatic carbocycles. The molecule has 4 nitrogen and oxygen atoms in total. The number of aromatic hydroxyl groups is 1. The summed E-state index contributed by atoms with van der Waals surface area (Å²) in [5.74, 6) is -0.761. The van der Waals surface area contributed by atoms with Gasteiger partial charge in [-0.25, -0.2) is 4.39 Å². The molecular weight excluding hydrogens is 345 g/mol. The van der Waals surface area contributed by atoms with Gasteiger partial charge in [-0.1, -0.05) is 36.4 Å². The smallest absolute Gasteiger partial charge is 0.165 e. The molecule has 0 saturated carbocycles. The van der Waals surface area contributed by atoms with Crippen LogP contribution in [0.25, 0.3) is 0 Å². The van der Waals surface area contributed by atoms with Crippen molar-refractivity contribution in [1.29, 1.82) is 0 Å². The molecule has 2 aromatic rings. The standard InChI is InChI=1S/C22H28FNO3/c1-22(27,12-16-5-3-2-4-6-16)13-17-9-10-24(14-17)15-21(26)18-7-8-20(25)19(23)11-18/h2-8,11,17,21,25-27H,9-10,12-15H2,1H3. The third-order valence-electron chi connectivity index (χ3n) is 5.31. The summed E-state index contributed by atoms with van der Waals surface area (Å²) in [6.07, 6.45) is 1.51. The summed E-state index contributed by atoms with van der Waals surface area (Å²) < 4.78 is 13.5. The SMILES string of the molecule is CC(O)(Cc1ccccc1)CC1CCN(CC(O)c2ccc(O)c(F)c2)C1. The molecule has 27 heavy (non-hydrogen) atoms. The van der Waals surface area contributed by atoms with Crippen LogP contribution in [0.4, 0.5) is 4.39 Å². The van der Waals surface area contributed by atoms with Crippen molar-refractivity contribution in [2.24, 2.45) is 5.92 Å². The molecule has 0 radical (unpaired) electrons. The average molecular weight is 373 g/mol. The molecule has 0 spiro atoms. The van der Waals surface area contributed by atoms with Gasteiger partial charge in [0.25, 0.3) is 0 Å². The fourth-order valence-electron chi connectivity index (χ4n) is 4.06. The second kappa shape index (κ2) is 8.38. The predicted molar refractivity (Wildman–Crippen MR) is 103 cm³/mol. The average Bonchev–Trinajstić information content (AvgIpc) is 3.03. The Hall–Kier alpha value is -1.95. The Kier molecular flexibility index (Phi) is 6.15. The summed E-state index contributed by atoms with van der Waals surface area (Å²) in [4.78, 5) is 2.15. The minimum atomic E-state index is -0.802. The maximum Gasteiger partial charge on any atom is 0.165 e. The summed E-state index contributed by atoms with van der Waals surface area (Å²) in [5, 5.41) is 30.4. The Morgan fingerprint density at radius 2 is 1.96 bits per heavy atom. The van der Waals surface area contributed by atoms with Gasteiger partial charge in [-0.2, -0.15) is 0 Å². The second-order valence-corrected chi connectivity index (χ2v) is 8.00. The molecule has 146 valence electrons. The topological polar surface area (TPSA) is 63.9 Å². The molecule has 1 fully saturated rings. The molecule has 5 heteroatoms. The zero-order valence-electron chi connectivity index (χ0n) is 15.7. The van der Waals surface area contributed by atoms with Crippen LogP contribution in [0.15, 0.2) is 48.5 Å². The number of rotatable bonds is 7. The minimum Gasteiger partial charge on any atom is -0.505 e. The van der Waals surface area contributed by atoms with E-state index in [2.05, 4.69) is 4.90 Å². The van der Waals surface area contributed by atoms with Crippen molar-refractivity contribution in [3.8, 4) is 5.75 Å². The first-order valence-electron chi connectivity index (χ1n) is 9.47. The minimum absolute atomic E-state index is 0.368. The molecule has 1 aliphatic rings. The lowest BCUT2D eigenvalue weighted by molar-refractivity contribution is 0.0342. The maximum absolute atomic E-state index is 13.5. The first-order chi connectivity index (χ1) is 12.8. The Labute approximate surface area is 159 Å². The summed E-state index contributed by atoms with van der Waals surface area (Å²) in [6.45, 7) is 3.96. The molecule has 1 aliphatic heterocycles. The van der Waals surface area contributed by atoms with E-state index in [1.165, 1.54) is 12.1 Å². The molecule has 3 unspecified atom stereocenters. The van der Waals surface area contributed by atoms with Crippen molar-refractivity contribution in [1.82, 2.24) is 4.90 Å². The van der Waals surface area contributed by atoms with Crippen molar-refractivity contribution in [3.05, 3.63) is 65.5 Å². The lowest BCUT2D eigenvalue weighted by atomic mass is 9.86. The molecule has 0 bridgehead atoms. The van der Waals surface area contributed by atoms with E-state index in [4.69, 9.17) is 0 Å². The number of halogens is 1. The van der Waals surface area contributed by atoms with Gasteiger partial charge in [0.05, 0.1) is 11.7 Å². The zero-order valence-corrected chi connectivity index (χ0v) is 15.7. The molecule has 0 aromatic heterocycles. The zero-order chi connectivity index (χ0) is 19.4. The Morgan fingerprint density at radius 3 is 2.67 bits per heavy atom. The molecule has 1 saturated heterocycles. The molecule has 3 rings (SSSR count). The fraction of sp³-hybridized carbons (Fsp3) is 0.455. The summed E-state index contributed by atoms with van der Waals surface area (Å²) >= 11 is 0. The molecule has 3 N–H and O–H groups in total. The number of aliphatic hydroxyl groups excluding tert-OH is 1. The lowest BCUT2D eigenvalue weighted by Crippen LogP contribution is -2.32. The van der Waals surface area contributed by atoms with E-state index >= 15 is 0 Å². The highest BCUT2D eigenvalue weighted by Gasteiger charge is 2.31. The first kappa shape index (κ1) is 19.8. The van der Waals surface area contributed by atoms with Gasteiger partial charge in [-0.05, 0) is 55.5 Å². The van der Waals surface area contributed by atoms with Gasteiger partial charge in [0.1, 0.15) is 0 Å². The number of likely N-dealkylation sites (tertiary alicyclic amines) is 1. The van der Waals surface area contributed by atoms with Gasteiger partial charge in [-0.3, -0.25) is 0 Å². The molecular formula is C22H28FNO3. The quantitative estimate of drug-likeness (QED) is 0.697. The maximum atomic E-state index is 13.5. The number of β-amino-alcohol motifs (C(OH)–C–C–N with tert-alkyl or cyclic N) is 1. The number of phenols is 1. The summed E-state index contributed by atoms with van der Waals surface area (Å²) in [6, 6.07) is 14.0. The second-order valence-electron chi connectivity index (χ2n) is 8.00. The molecule has 0 amide bonds. The normalized spacial score (nSPS) is 21.1. The highest BCUT2D eigenvalue weighted by atomic mass is 19.1. The van der Waals surface area contributed by atoms with Crippen LogP contribution in [0.2, 0.25) is 0 Å². The monoisotopic (exact) mass is 373 g/mol. The Morgan fingerprint density at radius 1 is 1.22 bits per heavy atom. The Bertz CT molecular complexity index is 750. The molecule has 2 aromatic carbocycles. The van der Waals surface area contributed by atoms with Crippen LogP contribution in [0.1, 0.15) is 37.0 Å². The highest BCUT2D eigenvalue weighted by molar-refractivity contribution is 5.29. The summed E-state index contributed by atoms with van der Waals surface area (Å²) in [7, 11) is 0. The molecule has 1 heterocycles. The number of hydrogen-bond acceptors (Lipinski definition) is 4. The van der Waals surface area contributed by atoms with Crippen LogP contribution in [0.3, 0.4) is 0 Å². The van der Waals surface area contributed by atoms with E-state index in [1.807, 2.05) is 37.3 Å². The van der Waals surface area contributed by atoms with Gasteiger partial charge in [-0.15, -0.1) is 0 Å². The number of hydrogen-bond donors (Lipinski definition) is 3.